The Kier molecular flexibility index (Phi) is 5.60. The SMILES string of the molecule is CC1CCC(CNC(=O)C(CN)Cc2ccccc2)C1. The molecule has 0 aromatic heterocycles. The molecule has 1 aliphatic rings. The van der Waals surface area contributed by atoms with Crippen LogP contribution in [0.2, 0.25) is 0 Å². The van der Waals surface area contributed by atoms with Crippen molar-refractivity contribution in [2.45, 2.75) is 32.6 Å². The van der Waals surface area contributed by atoms with Crippen molar-refractivity contribution in [3.05, 3.63) is 35.9 Å². The first kappa shape index (κ1) is 15.0. The Bertz CT molecular complexity index is 418. The average molecular weight is 274 g/mol. The van der Waals surface area contributed by atoms with Crippen molar-refractivity contribution < 1.29 is 4.79 Å². The number of hydrogen-bond donors (Lipinski definition) is 2. The third-order valence-corrected chi connectivity index (χ3v) is 4.35. The van der Waals surface area contributed by atoms with Crippen LogP contribution in [0, 0.1) is 17.8 Å². The van der Waals surface area contributed by atoms with Gasteiger partial charge in [-0.25, -0.2) is 0 Å². The second-order valence-corrected chi connectivity index (χ2v) is 6.15. The van der Waals surface area contributed by atoms with Crippen molar-refractivity contribution in [1.82, 2.24) is 5.32 Å². The number of nitrogens with one attached hydrogen (secondary N) is 1. The molecule has 110 valence electrons. The summed E-state index contributed by atoms with van der Waals surface area (Å²) in [5, 5.41) is 3.10. The van der Waals surface area contributed by atoms with Crippen molar-refractivity contribution in [2.24, 2.45) is 23.5 Å². The maximum Gasteiger partial charge on any atom is 0.224 e. The van der Waals surface area contributed by atoms with Gasteiger partial charge in [-0.05, 0) is 36.7 Å². The molecule has 0 bridgehead atoms. The van der Waals surface area contributed by atoms with E-state index < -0.39 is 0 Å². The molecule has 3 atom stereocenters. The lowest BCUT2D eigenvalue weighted by Crippen LogP contribution is -2.38. The lowest BCUT2D eigenvalue weighted by Gasteiger charge is -2.17. The molecule has 1 aromatic rings. The van der Waals surface area contributed by atoms with Crippen LogP contribution in [0.15, 0.2) is 30.3 Å². The Morgan fingerprint density at radius 3 is 2.70 bits per heavy atom. The van der Waals surface area contributed by atoms with Gasteiger partial charge in [0.25, 0.3) is 0 Å². The number of carbonyl (C=O) groups is 1. The van der Waals surface area contributed by atoms with Crippen molar-refractivity contribution in [2.75, 3.05) is 13.1 Å². The molecule has 0 saturated heterocycles. The first-order valence-corrected chi connectivity index (χ1v) is 7.70. The number of nitrogens with two attached hydrogens (primary N) is 1. The topological polar surface area (TPSA) is 55.1 Å². The summed E-state index contributed by atoms with van der Waals surface area (Å²) in [6.45, 7) is 3.51. The second kappa shape index (κ2) is 7.44. The maximum absolute atomic E-state index is 12.2. The molecule has 3 unspecified atom stereocenters. The molecular weight excluding hydrogens is 248 g/mol. The van der Waals surface area contributed by atoms with Gasteiger partial charge in [-0.15, -0.1) is 0 Å². The standard InChI is InChI=1S/C17H26N2O/c1-13-7-8-15(9-13)12-19-17(20)16(11-18)10-14-5-3-2-4-6-14/h2-6,13,15-16H,7-12,18H2,1H3,(H,19,20). The minimum absolute atomic E-state index is 0.107. The molecule has 3 heteroatoms. The van der Waals surface area contributed by atoms with Crippen LogP contribution in [0.4, 0.5) is 0 Å². The van der Waals surface area contributed by atoms with E-state index in [9.17, 15) is 4.79 Å². The summed E-state index contributed by atoms with van der Waals surface area (Å²) in [6.07, 6.45) is 4.51. The molecule has 1 saturated carbocycles. The normalized spacial score (nSPS) is 23.5. The Morgan fingerprint density at radius 2 is 2.10 bits per heavy atom. The molecule has 2 rings (SSSR count). The molecule has 0 radical (unpaired) electrons. The molecular formula is C17H26N2O. The van der Waals surface area contributed by atoms with Crippen molar-refractivity contribution in [1.29, 1.82) is 0 Å². The molecule has 1 aromatic carbocycles. The highest BCUT2D eigenvalue weighted by atomic mass is 16.1. The van der Waals surface area contributed by atoms with Gasteiger partial charge in [0.2, 0.25) is 5.91 Å². The van der Waals surface area contributed by atoms with Crippen LogP contribution in [0.1, 0.15) is 31.7 Å². The minimum atomic E-state index is -0.115. The van der Waals surface area contributed by atoms with Crippen molar-refractivity contribution in [3.63, 3.8) is 0 Å². The highest BCUT2D eigenvalue weighted by molar-refractivity contribution is 5.79. The lowest BCUT2D eigenvalue weighted by molar-refractivity contribution is -0.124. The Morgan fingerprint density at radius 1 is 1.35 bits per heavy atom. The van der Waals surface area contributed by atoms with Gasteiger partial charge in [-0.1, -0.05) is 43.7 Å². The van der Waals surface area contributed by atoms with E-state index in [0.29, 0.717) is 12.5 Å². The molecule has 1 amide bonds. The minimum Gasteiger partial charge on any atom is -0.356 e. The van der Waals surface area contributed by atoms with Crippen LogP contribution in [-0.2, 0) is 11.2 Å². The largest absolute Gasteiger partial charge is 0.356 e. The van der Waals surface area contributed by atoms with Crippen molar-refractivity contribution >= 4 is 5.91 Å². The zero-order valence-corrected chi connectivity index (χ0v) is 12.3. The first-order chi connectivity index (χ1) is 9.69. The van der Waals surface area contributed by atoms with E-state index in [2.05, 4.69) is 24.4 Å². The van der Waals surface area contributed by atoms with Crippen LogP contribution in [0.3, 0.4) is 0 Å². The van der Waals surface area contributed by atoms with Crippen LogP contribution in [0.5, 0.6) is 0 Å². The summed E-state index contributed by atoms with van der Waals surface area (Å²) in [6, 6.07) is 10.1. The van der Waals surface area contributed by atoms with Gasteiger partial charge in [0.1, 0.15) is 0 Å². The fourth-order valence-corrected chi connectivity index (χ4v) is 3.08. The van der Waals surface area contributed by atoms with Gasteiger partial charge in [0.15, 0.2) is 0 Å². The summed E-state index contributed by atoms with van der Waals surface area (Å²) in [7, 11) is 0. The molecule has 0 heterocycles. The fourth-order valence-electron chi connectivity index (χ4n) is 3.08. The molecule has 20 heavy (non-hydrogen) atoms. The highest BCUT2D eigenvalue weighted by Crippen LogP contribution is 2.29. The van der Waals surface area contributed by atoms with Crippen LogP contribution < -0.4 is 11.1 Å². The van der Waals surface area contributed by atoms with Gasteiger partial charge in [-0.3, -0.25) is 4.79 Å². The van der Waals surface area contributed by atoms with E-state index in [1.54, 1.807) is 0 Å². The Labute approximate surface area is 121 Å². The number of carbonyl (C=O) groups excluding carboxylic acids is 1. The van der Waals surface area contributed by atoms with Gasteiger partial charge >= 0.3 is 0 Å². The van der Waals surface area contributed by atoms with Crippen LogP contribution in [0.25, 0.3) is 0 Å². The van der Waals surface area contributed by atoms with E-state index in [1.165, 1.54) is 24.8 Å². The van der Waals surface area contributed by atoms with Gasteiger partial charge in [-0.2, -0.15) is 0 Å². The smallest absolute Gasteiger partial charge is 0.224 e. The quantitative estimate of drug-likeness (QED) is 0.836. The zero-order chi connectivity index (χ0) is 14.4. The molecule has 1 aliphatic carbocycles. The van der Waals surface area contributed by atoms with E-state index in [4.69, 9.17) is 5.73 Å². The van der Waals surface area contributed by atoms with Gasteiger partial charge in [0, 0.05) is 13.1 Å². The first-order valence-electron chi connectivity index (χ1n) is 7.70. The molecule has 1 fully saturated rings. The van der Waals surface area contributed by atoms with Crippen molar-refractivity contribution in [3.8, 4) is 0 Å². The number of amides is 1. The molecule has 3 N–H and O–H groups in total. The van der Waals surface area contributed by atoms with Crippen LogP contribution in [-0.4, -0.2) is 19.0 Å². The van der Waals surface area contributed by atoms with E-state index in [0.717, 1.165) is 18.9 Å². The average Bonchev–Trinajstić information content (AvgIpc) is 2.89. The third kappa shape index (κ3) is 4.34. The predicted octanol–water partition coefficient (Wildman–Crippen LogP) is 2.36. The molecule has 0 spiro atoms. The molecule has 3 nitrogen and oxygen atoms in total. The van der Waals surface area contributed by atoms with Gasteiger partial charge in [0.05, 0.1) is 5.92 Å². The summed E-state index contributed by atoms with van der Waals surface area (Å²) in [5.74, 6) is 1.46. The van der Waals surface area contributed by atoms with E-state index >= 15 is 0 Å². The number of rotatable bonds is 6. The second-order valence-electron chi connectivity index (χ2n) is 6.15. The number of benzene rings is 1. The molecule has 0 aliphatic heterocycles. The third-order valence-electron chi connectivity index (χ3n) is 4.35. The maximum atomic E-state index is 12.2. The fraction of sp³-hybridized carbons (Fsp3) is 0.588. The van der Waals surface area contributed by atoms with E-state index in [1.807, 2.05) is 18.2 Å². The summed E-state index contributed by atoms with van der Waals surface area (Å²) < 4.78 is 0. The van der Waals surface area contributed by atoms with Crippen LogP contribution >= 0.6 is 0 Å². The predicted molar refractivity (Wildman–Crippen MR) is 82.2 cm³/mol. The summed E-state index contributed by atoms with van der Waals surface area (Å²) in [4.78, 5) is 12.2. The summed E-state index contributed by atoms with van der Waals surface area (Å²) in [5.41, 5.74) is 6.94. The Balaban J connectivity index is 1.80. The number of hydrogen-bond acceptors (Lipinski definition) is 2. The van der Waals surface area contributed by atoms with E-state index in [-0.39, 0.29) is 11.8 Å². The lowest BCUT2D eigenvalue weighted by atomic mass is 9.98. The Hall–Kier alpha value is -1.35. The highest BCUT2D eigenvalue weighted by Gasteiger charge is 2.23. The summed E-state index contributed by atoms with van der Waals surface area (Å²) >= 11 is 0. The monoisotopic (exact) mass is 274 g/mol. The zero-order valence-electron chi connectivity index (χ0n) is 12.3. The van der Waals surface area contributed by atoms with Gasteiger partial charge < -0.3 is 11.1 Å².